The molecule has 0 saturated heterocycles. The lowest BCUT2D eigenvalue weighted by molar-refractivity contribution is 0.415. The molecule has 0 aliphatic carbocycles. The van der Waals surface area contributed by atoms with Crippen molar-refractivity contribution < 1.29 is 4.74 Å². The Kier molecular flexibility index (Phi) is 3.66. The van der Waals surface area contributed by atoms with Gasteiger partial charge in [0.1, 0.15) is 11.3 Å². The molecule has 3 nitrogen and oxygen atoms in total. The Morgan fingerprint density at radius 1 is 1.44 bits per heavy atom. The standard InChI is InChI=1S/C12H15ClN2O/c1-12(2,8-14)15(3)11-6-5-9(16-4)7-10(11)13/h5-7H,1-4H3. The van der Waals surface area contributed by atoms with Crippen LogP contribution >= 0.6 is 11.6 Å². The Bertz CT molecular complexity index is 424. The minimum atomic E-state index is -0.599. The van der Waals surface area contributed by atoms with E-state index in [9.17, 15) is 0 Å². The summed E-state index contributed by atoms with van der Waals surface area (Å²) in [5.74, 6) is 0.705. The zero-order chi connectivity index (χ0) is 12.3. The summed E-state index contributed by atoms with van der Waals surface area (Å²) >= 11 is 6.13. The van der Waals surface area contributed by atoms with E-state index in [2.05, 4.69) is 6.07 Å². The topological polar surface area (TPSA) is 36.3 Å². The van der Waals surface area contributed by atoms with Crippen molar-refractivity contribution >= 4 is 17.3 Å². The maximum atomic E-state index is 9.06. The molecular formula is C12H15ClN2O. The van der Waals surface area contributed by atoms with E-state index < -0.39 is 5.54 Å². The Hall–Kier alpha value is -1.40. The van der Waals surface area contributed by atoms with Gasteiger partial charge in [0.2, 0.25) is 0 Å². The summed E-state index contributed by atoms with van der Waals surface area (Å²) in [6, 6.07) is 7.64. The molecule has 0 spiro atoms. The molecular weight excluding hydrogens is 224 g/mol. The van der Waals surface area contributed by atoms with Gasteiger partial charge in [-0.2, -0.15) is 5.26 Å². The van der Waals surface area contributed by atoms with Gasteiger partial charge < -0.3 is 9.64 Å². The van der Waals surface area contributed by atoms with Crippen LogP contribution in [0.1, 0.15) is 13.8 Å². The third kappa shape index (κ3) is 2.40. The summed E-state index contributed by atoms with van der Waals surface area (Å²) < 4.78 is 5.07. The molecule has 16 heavy (non-hydrogen) atoms. The second kappa shape index (κ2) is 4.63. The van der Waals surface area contributed by atoms with E-state index in [1.165, 1.54) is 0 Å². The molecule has 0 aliphatic heterocycles. The van der Waals surface area contributed by atoms with Gasteiger partial charge in [0.05, 0.1) is 23.9 Å². The van der Waals surface area contributed by atoms with E-state index in [0.717, 1.165) is 5.69 Å². The minimum absolute atomic E-state index is 0.574. The molecule has 0 radical (unpaired) electrons. The zero-order valence-corrected chi connectivity index (χ0v) is 10.7. The summed E-state index contributed by atoms with van der Waals surface area (Å²) in [6.45, 7) is 3.68. The second-order valence-corrected chi connectivity index (χ2v) is 4.45. The molecule has 0 heterocycles. The predicted octanol–water partition coefficient (Wildman–Crippen LogP) is 3.09. The lowest BCUT2D eigenvalue weighted by atomic mass is 10.1. The fraction of sp³-hybridized carbons (Fsp3) is 0.417. The highest BCUT2D eigenvalue weighted by atomic mass is 35.5. The average molecular weight is 239 g/mol. The van der Waals surface area contributed by atoms with Crippen molar-refractivity contribution in [2.24, 2.45) is 0 Å². The zero-order valence-electron chi connectivity index (χ0n) is 9.91. The average Bonchev–Trinajstić information content (AvgIpc) is 2.28. The monoisotopic (exact) mass is 238 g/mol. The van der Waals surface area contributed by atoms with Crippen molar-refractivity contribution in [3.8, 4) is 11.8 Å². The fourth-order valence-electron chi connectivity index (χ4n) is 1.26. The van der Waals surface area contributed by atoms with E-state index in [-0.39, 0.29) is 0 Å². The molecule has 0 aromatic heterocycles. The normalized spacial score (nSPS) is 10.8. The summed E-state index contributed by atoms with van der Waals surface area (Å²) in [5.41, 5.74) is 0.215. The highest BCUT2D eigenvalue weighted by Crippen LogP contribution is 2.32. The Morgan fingerprint density at radius 2 is 2.06 bits per heavy atom. The van der Waals surface area contributed by atoms with E-state index in [0.29, 0.717) is 10.8 Å². The molecule has 4 heteroatoms. The van der Waals surface area contributed by atoms with Crippen LogP contribution in [0.2, 0.25) is 5.02 Å². The number of nitrogens with zero attached hydrogens (tertiary/aromatic N) is 2. The van der Waals surface area contributed by atoms with Crippen molar-refractivity contribution in [3.05, 3.63) is 23.2 Å². The van der Waals surface area contributed by atoms with Gasteiger partial charge in [0.25, 0.3) is 0 Å². The highest BCUT2D eigenvalue weighted by Gasteiger charge is 2.24. The van der Waals surface area contributed by atoms with Crippen molar-refractivity contribution in [2.75, 3.05) is 19.1 Å². The van der Waals surface area contributed by atoms with Gasteiger partial charge >= 0.3 is 0 Å². The quantitative estimate of drug-likeness (QED) is 0.812. The number of benzene rings is 1. The molecule has 1 rings (SSSR count). The van der Waals surface area contributed by atoms with Crippen LogP contribution in [0.3, 0.4) is 0 Å². The van der Waals surface area contributed by atoms with Gasteiger partial charge in [-0.05, 0) is 26.0 Å². The summed E-state index contributed by atoms with van der Waals surface area (Å²) in [4.78, 5) is 1.84. The lowest BCUT2D eigenvalue weighted by Gasteiger charge is -2.32. The summed E-state index contributed by atoms with van der Waals surface area (Å²) in [5, 5.41) is 9.63. The van der Waals surface area contributed by atoms with Crippen LogP contribution in [0.15, 0.2) is 18.2 Å². The Labute approximate surface area is 101 Å². The number of hydrogen-bond donors (Lipinski definition) is 0. The van der Waals surface area contributed by atoms with Crippen LogP contribution in [-0.4, -0.2) is 19.7 Å². The summed E-state index contributed by atoms with van der Waals surface area (Å²) in [7, 11) is 3.44. The van der Waals surface area contributed by atoms with Crippen LogP contribution < -0.4 is 9.64 Å². The maximum absolute atomic E-state index is 9.06. The molecule has 0 amide bonds. The molecule has 0 fully saturated rings. The molecule has 0 saturated carbocycles. The predicted molar refractivity (Wildman–Crippen MR) is 66.1 cm³/mol. The van der Waals surface area contributed by atoms with Gasteiger partial charge in [-0.1, -0.05) is 11.6 Å². The van der Waals surface area contributed by atoms with Crippen molar-refractivity contribution in [2.45, 2.75) is 19.4 Å². The van der Waals surface area contributed by atoms with E-state index in [4.69, 9.17) is 21.6 Å². The smallest absolute Gasteiger partial charge is 0.121 e. The molecule has 0 aliphatic rings. The number of ether oxygens (including phenoxy) is 1. The molecule has 0 unspecified atom stereocenters. The maximum Gasteiger partial charge on any atom is 0.121 e. The van der Waals surface area contributed by atoms with Crippen LogP contribution in [0.4, 0.5) is 5.69 Å². The first-order valence-corrected chi connectivity index (χ1v) is 5.29. The number of halogens is 1. The van der Waals surface area contributed by atoms with Crippen LogP contribution in [0.5, 0.6) is 5.75 Å². The molecule has 0 N–H and O–H groups in total. The van der Waals surface area contributed by atoms with E-state index >= 15 is 0 Å². The van der Waals surface area contributed by atoms with Gasteiger partial charge in [0, 0.05) is 13.1 Å². The molecule has 1 aromatic carbocycles. The third-order valence-corrected chi connectivity index (χ3v) is 2.93. The number of rotatable bonds is 3. The van der Waals surface area contributed by atoms with Crippen LogP contribution in [0.25, 0.3) is 0 Å². The van der Waals surface area contributed by atoms with Gasteiger partial charge in [-0.15, -0.1) is 0 Å². The van der Waals surface area contributed by atoms with E-state index in [1.54, 1.807) is 13.2 Å². The Balaban J connectivity index is 3.11. The highest BCUT2D eigenvalue weighted by molar-refractivity contribution is 6.33. The number of hydrogen-bond acceptors (Lipinski definition) is 3. The van der Waals surface area contributed by atoms with Gasteiger partial charge in [-0.25, -0.2) is 0 Å². The number of anilines is 1. The number of nitriles is 1. The molecule has 86 valence electrons. The molecule has 1 aromatic rings. The first-order valence-electron chi connectivity index (χ1n) is 4.91. The molecule has 0 bridgehead atoms. The fourth-order valence-corrected chi connectivity index (χ4v) is 1.56. The summed E-state index contributed by atoms with van der Waals surface area (Å²) in [6.07, 6.45) is 0. The number of methoxy groups -OCH3 is 1. The minimum Gasteiger partial charge on any atom is -0.497 e. The second-order valence-electron chi connectivity index (χ2n) is 4.05. The van der Waals surface area contributed by atoms with Crippen molar-refractivity contribution in [1.29, 1.82) is 5.26 Å². The SMILES string of the molecule is COc1ccc(N(C)C(C)(C)C#N)c(Cl)c1. The lowest BCUT2D eigenvalue weighted by Crippen LogP contribution is -2.39. The first kappa shape index (κ1) is 12.7. The van der Waals surface area contributed by atoms with E-state index in [1.807, 2.05) is 37.9 Å². The Morgan fingerprint density at radius 3 is 2.50 bits per heavy atom. The third-order valence-electron chi connectivity index (χ3n) is 2.63. The van der Waals surface area contributed by atoms with Crippen molar-refractivity contribution in [1.82, 2.24) is 0 Å². The van der Waals surface area contributed by atoms with Gasteiger partial charge in [-0.3, -0.25) is 0 Å². The largest absolute Gasteiger partial charge is 0.497 e. The first-order chi connectivity index (χ1) is 7.42. The van der Waals surface area contributed by atoms with Crippen LogP contribution in [0, 0.1) is 11.3 Å². The van der Waals surface area contributed by atoms with Crippen molar-refractivity contribution in [3.63, 3.8) is 0 Å². The molecule has 0 atom stereocenters. The van der Waals surface area contributed by atoms with Crippen LogP contribution in [-0.2, 0) is 0 Å². The van der Waals surface area contributed by atoms with Gasteiger partial charge in [0.15, 0.2) is 0 Å².